The maximum absolute atomic E-state index is 12.0. The zero-order valence-corrected chi connectivity index (χ0v) is 16.4. The Bertz CT molecular complexity index is 574. The lowest BCUT2D eigenvalue weighted by atomic mass is 10.0. The number of hydrogen-bond acceptors (Lipinski definition) is 4. The van der Waals surface area contributed by atoms with E-state index in [1.54, 1.807) is 17.9 Å². The van der Waals surface area contributed by atoms with E-state index in [9.17, 15) is 4.79 Å². The highest BCUT2D eigenvalue weighted by molar-refractivity contribution is 5.79. The third kappa shape index (κ3) is 7.91. The molecule has 3 N–H and O–H groups in total. The molecule has 1 aromatic heterocycles. The van der Waals surface area contributed by atoms with Crippen LogP contribution < -0.4 is 16.0 Å². The van der Waals surface area contributed by atoms with Crippen LogP contribution in [0.1, 0.15) is 40.3 Å². The van der Waals surface area contributed by atoms with Crippen molar-refractivity contribution in [1.82, 2.24) is 25.7 Å². The minimum atomic E-state index is -0.514. The maximum Gasteiger partial charge on any atom is 0.407 e. The summed E-state index contributed by atoms with van der Waals surface area (Å²) in [6, 6.07) is 1.87. The van der Waals surface area contributed by atoms with E-state index in [2.05, 4.69) is 39.9 Å². The van der Waals surface area contributed by atoms with Crippen LogP contribution in [0.2, 0.25) is 0 Å². The Hall–Kier alpha value is -2.25. The van der Waals surface area contributed by atoms with Crippen LogP contribution in [0.3, 0.4) is 0 Å². The van der Waals surface area contributed by atoms with Crippen molar-refractivity contribution in [2.24, 2.45) is 18.0 Å². The molecule has 1 atom stereocenters. The van der Waals surface area contributed by atoms with Crippen molar-refractivity contribution < 1.29 is 9.53 Å². The fraction of sp³-hybridized carbons (Fsp3) is 0.706. The number of carbonyl (C=O) groups is 1. The summed E-state index contributed by atoms with van der Waals surface area (Å²) in [6.45, 7) is 10.8. The fourth-order valence-electron chi connectivity index (χ4n) is 2.09. The monoisotopic (exact) mass is 352 g/mol. The smallest absolute Gasteiger partial charge is 0.407 e. The number of alkyl carbamates (subject to hydrolysis) is 1. The normalized spacial score (nSPS) is 13.5. The first-order valence-electron chi connectivity index (χ1n) is 8.53. The van der Waals surface area contributed by atoms with Crippen LogP contribution in [0.4, 0.5) is 4.79 Å². The maximum atomic E-state index is 12.0. The molecule has 8 heteroatoms. The number of aliphatic imine (C=N–C) groups is 1. The van der Waals surface area contributed by atoms with E-state index >= 15 is 0 Å². The van der Waals surface area contributed by atoms with Crippen molar-refractivity contribution in [1.29, 1.82) is 0 Å². The Morgan fingerprint density at radius 3 is 2.52 bits per heavy atom. The van der Waals surface area contributed by atoms with Gasteiger partial charge in [-0.25, -0.2) is 4.79 Å². The second kappa shape index (κ2) is 9.29. The van der Waals surface area contributed by atoms with Gasteiger partial charge in [0, 0.05) is 26.8 Å². The summed E-state index contributed by atoms with van der Waals surface area (Å²) in [7, 11) is 3.61. The number of carbonyl (C=O) groups excluding carboxylic acids is 1. The highest BCUT2D eigenvalue weighted by Crippen LogP contribution is 2.08. The van der Waals surface area contributed by atoms with Gasteiger partial charge in [0.05, 0.1) is 18.3 Å². The van der Waals surface area contributed by atoms with Gasteiger partial charge in [-0.2, -0.15) is 5.10 Å². The molecule has 1 heterocycles. The van der Waals surface area contributed by atoms with Crippen molar-refractivity contribution in [3.8, 4) is 0 Å². The summed E-state index contributed by atoms with van der Waals surface area (Å²) in [5.74, 6) is 0.910. The van der Waals surface area contributed by atoms with E-state index < -0.39 is 11.7 Å². The molecule has 0 radical (unpaired) electrons. The van der Waals surface area contributed by atoms with E-state index in [0.717, 1.165) is 5.69 Å². The van der Waals surface area contributed by atoms with Crippen LogP contribution in [-0.2, 0) is 18.3 Å². The minimum Gasteiger partial charge on any atom is -0.444 e. The molecular formula is C17H32N6O2. The molecule has 0 bridgehead atoms. The lowest BCUT2D eigenvalue weighted by molar-refractivity contribution is 0.0491. The molecule has 0 aromatic carbocycles. The number of amides is 1. The van der Waals surface area contributed by atoms with Crippen LogP contribution in [0, 0.1) is 5.92 Å². The Morgan fingerprint density at radius 1 is 1.36 bits per heavy atom. The van der Waals surface area contributed by atoms with Gasteiger partial charge in [-0.15, -0.1) is 0 Å². The minimum absolute atomic E-state index is 0.0786. The Morgan fingerprint density at radius 2 is 2.04 bits per heavy atom. The third-order valence-electron chi connectivity index (χ3n) is 3.58. The molecule has 8 nitrogen and oxygen atoms in total. The molecule has 0 aliphatic carbocycles. The number of guanidine groups is 1. The van der Waals surface area contributed by atoms with Gasteiger partial charge < -0.3 is 20.7 Å². The van der Waals surface area contributed by atoms with Gasteiger partial charge in [0.2, 0.25) is 0 Å². The van der Waals surface area contributed by atoms with Crippen molar-refractivity contribution in [2.45, 2.75) is 52.8 Å². The predicted octanol–water partition coefficient (Wildman–Crippen LogP) is 1.63. The van der Waals surface area contributed by atoms with Gasteiger partial charge in [0.15, 0.2) is 5.96 Å². The second-order valence-electron chi connectivity index (χ2n) is 7.25. The highest BCUT2D eigenvalue weighted by atomic mass is 16.6. The molecule has 0 fully saturated rings. The highest BCUT2D eigenvalue weighted by Gasteiger charge is 2.21. The average Bonchev–Trinajstić information content (AvgIpc) is 2.89. The number of nitrogens with one attached hydrogen (secondary N) is 3. The lowest BCUT2D eigenvalue weighted by Crippen LogP contribution is -2.50. The molecule has 1 aromatic rings. The van der Waals surface area contributed by atoms with Crippen LogP contribution in [0.5, 0.6) is 0 Å². The van der Waals surface area contributed by atoms with E-state index in [4.69, 9.17) is 4.74 Å². The number of aromatic nitrogens is 2. The van der Waals surface area contributed by atoms with Gasteiger partial charge in [0.25, 0.3) is 0 Å². The zero-order valence-electron chi connectivity index (χ0n) is 16.4. The number of nitrogens with zero attached hydrogens (tertiary/aromatic N) is 3. The van der Waals surface area contributed by atoms with Gasteiger partial charge in [0.1, 0.15) is 5.60 Å². The molecule has 1 unspecified atom stereocenters. The quantitative estimate of drug-likeness (QED) is 0.535. The van der Waals surface area contributed by atoms with Crippen molar-refractivity contribution >= 4 is 12.1 Å². The van der Waals surface area contributed by atoms with Gasteiger partial charge in [-0.3, -0.25) is 9.67 Å². The molecule has 25 heavy (non-hydrogen) atoms. The van der Waals surface area contributed by atoms with Crippen LogP contribution in [-0.4, -0.2) is 47.1 Å². The van der Waals surface area contributed by atoms with Crippen molar-refractivity contribution in [3.05, 3.63) is 18.0 Å². The van der Waals surface area contributed by atoms with Gasteiger partial charge in [-0.1, -0.05) is 13.8 Å². The lowest BCUT2D eigenvalue weighted by Gasteiger charge is -2.26. The fourth-order valence-corrected chi connectivity index (χ4v) is 2.09. The predicted molar refractivity (Wildman–Crippen MR) is 99.4 cm³/mol. The van der Waals surface area contributed by atoms with Crippen LogP contribution in [0.15, 0.2) is 17.3 Å². The SMILES string of the molecule is CN=C(NCc1ccnn1C)NCC(NC(=O)OC(C)(C)C)C(C)C. The molecule has 0 saturated carbocycles. The molecule has 1 amide bonds. The molecule has 0 aliphatic heterocycles. The zero-order chi connectivity index (χ0) is 19.0. The average molecular weight is 352 g/mol. The first-order chi connectivity index (χ1) is 11.6. The van der Waals surface area contributed by atoms with E-state index in [-0.39, 0.29) is 12.0 Å². The Balaban J connectivity index is 2.51. The largest absolute Gasteiger partial charge is 0.444 e. The topological polar surface area (TPSA) is 92.6 Å². The van der Waals surface area contributed by atoms with Crippen LogP contribution >= 0.6 is 0 Å². The second-order valence-corrected chi connectivity index (χ2v) is 7.25. The first-order valence-corrected chi connectivity index (χ1v) is 8.53. The van der Waals surface area contributed by atoms with E-state index in [0.29, 0.717) is 19.0 Å². The van der Waals surface area contributed by atoms with Crippen molar-refractivity contribution in [2.75, 3.05) is 13.6 Å². The summed E-state index contributed by atoms with van der Waals surface area (Å²) >= 11 is 0. The number of hydrogen-bond donors (Lipinski definition) is 3. The van der Waals surface area contributed by atoms with Gasteiger partial charge in [-0.05, 0) is 32.8 Å². The summed E-state index contributed by atoms with van der Waals surface area (Å²) in [5, 5.41) is 13.5. The van der Waals surface area contributed by atoms with Crippen molar-refractivity contribution in [3.63, 3.8) is 0 Å². The first kappa shape index (κ1) is 20.8. The Kier molecular flexibility index (Phi) is 7.73. The summed E-state index contributed by atoms with van der Waals surface area (Å²) < 4.78 is 7.13. The van der Waals surface area contributed by atoms with E-state index in [1.807, 2.05) is 33.9 Å². The Labute approximate surface area is 150 Å². The molecule has 0 spiro atoms. The number of rotatable bonds is 6. The summed E-state index contributed by atoms with van der Waals surface area (Å²) in [6.07, 6.45) is 1.35. The number of ether oxygens (including phenoxy) is 1. The molecule has 1 rings (SSSR count). The molecule has 0 saturated heterocycles. The van der Waals surface area contributed by atoms with E-state index in [1.165, 1.54) is 0 Å². The molecule has 142 valence electrons. The number of aryl methyl sites for hydroxylation is 1. The van der Waals surface area contributed by atoms with Crippen LogP contribution in [0.25, 0.3) is 0 Å². The summed E-state index contributed by atoms with van der Waals surface area (Å²) in [5.41, 5.74) is 0.537. The molecule has 0 aliphatic rings. The summed E-state index contributed by atoms with van der Waals surface area (Å²) in [4.78, 5) is 16.2. The van der Waals surface area contributed by atoms with Gasteiger partial charge >= 0.3 is 6.09 Å². The molecular weight excluding hydrogens is 320 g/mol. The third-order valence-corrected chi connectivity index (χ3v) is 3.58. The standard InChI is InChI=1S/C17H32N6O2/c1-12(2)14(22-16(24)25-17(3,4)5)11-20-15(18-6)19-10-13-8-9-21-23(13)7/h8-9,12,14H,10-11H2,1-7H3,(H,22,24)(H2,18,19,20).